The maximum atomic E-state index is 11.9. The minimum absolute atomic E-state index is 0.0401. The molecule has 1 amide bonds. The number of nitrogens with two attached hydrogens (primary N) is 1. The molecule has 0 radical (unpaired) electrons. The molecule has 0 saturated heterocycles. The van der Waals surface area contributed by atoms with Gasteiger partial charge in [-0.1, -0.05) is 19.1 Å². The highest BCUT2D eigenvalue weighted by Gasteiger charge is 2.15. The van der Waals surface area contributed by atoms with E-state index in [-0.39, 0.29) is 17.4 Å². The van der Waals surface area contributed by atoms with Crippen molar-refractivity contribution in [2.24, 2.45) is 11.7 Å². The molecule has 0 bridgehead atoms. The lowest BCUT2D eigenvalue weighted by atomic mass is 10.1. The highest BCUT2D eigenvalue weighted by molar-refractivity contribution is 7.80. The largest absolute Gasteiger partial charge is 0.393 e. The molecule has 0 fully saturated rings. The van der Waals surface area contributed by atoms with Gasteiger partial charge < -0.3 is 15.6 Å². The number of hydrogen-bond acceptors (Lipinski definition) is 3. The van der Waals surface area contributed by atoms with Crippen LogP contribution in [0.3, 0.4) is 0 Å². The van der Waals surface area contributed by atoms with Gasteiger partial charge in [0.25, 0.3) is 5.91 Å². The van der Waals surface area contributed by atoms with Crippen LogP contribution in [0.5, 0.6) is 0 Å². The Bertz CT molecular complexity index is 463. The molecular formula is C11H15N3O2S. The molecule has 1 heterocycles. The van der Waals surface area contributed by atoms with E-state index in [0.717, 1.165) is 0 Å². The normalized spacial score (nSPS) is 11.9. The van der Waals surface area contributed by atoms with Crippen LogP contribution in [0.2, 0.25) is 0 Å². The molecule has 5 nitrogen and oxygen atoms in total. The quantitative estimate of drug-likeness (QED) is 0.760. The molecule has 1 rings (SSSR count). The number of thiocarbonyl (C=S) groups is 1. The zero-order valence-electron chi connectivity index (χ0n) is 9.77. The van der Waals surface area contributed by atoms with Gasteiger partial charge in [-0.15, -0.1) is 0 Å². The summed E-state index contributed by atoms with van der Waals surface area (Å²) in [6.07, 6.45) is 1.40. The summed E-state index contributed by atoms with van der Waals surface area (Å²) >= 11 is 4.85. The van der Waals surface area contributed by atoms with Crippen molar-refractivity contribution in [2.45, 2.75) is 6.92 Å². The van der Waals surface area contributed by atoms with E-state index in [1.165, 1.54) is 23.2 Å². The van der Waals surface area contributed by atoms with Crippen LogP contribution in [0.1, 0.15) is 17.3 Å². The molecule has 1 aromatic heterocycles. The Labute approximate surface area is 105 Å². The number of amides is 1. The fourth-order valence-corrected chi connectivity index (χ4v) is 1.42. The molecule has 92 valence electrons. The van der Waals surface area contributed by atoms with Gasteiger partial charge in [0.05, 0.1) is 10.6 Å². The molecule has 17 heavy (non-hydrogen) atoms. The Morgan fingerprint density at radius 2 is 2.24 bits per heavy atom. The standard InChI is InChI=1S/C11H15N3O2S/c1-7(10(12)17)6-14(2)11(16)8-3-4-9(15)13-5-8/h3-5,7H,6H2,1-2H3,(H2,12,17)(H,13,15). The van der Waals surface area contributed by atoms with Gasteiger partial charge in [0.1, 0.15) is 0 Å². The van der Waals surface area contributed by atoms with Crippen LogP contribution >= 0.6 is 12.2 Å². The summed E-state index contributed by atoms with van der Waals surface area (Å²) in [5.41, 5.74) is 5.69. The third kappa shape index (κ3) is 3.67. The van der Waals surface area contributed by atoms with E-state index < -0.39 is 0 Å². The average molecular weight is 253 g/mol. The number of nitrogens with zero attached hydrogens (tertiary/aromatic N) is 1. The molecule has 0 aliphatic rings. The summed E-state index contributed by atoms with van der Waals surface area (Å²) in [6.45, 7) is 2.31. The van der Waals surface area contributed by atoms with E-state index in [0.29, 0.717) is 17.1 Å². The van der Waals surface area contributed by atoms with Crippen molar-refractivity contribution in [3.8, 4) is 0 Å². The Balaban J connectivity index is 2.73. The number of nitrogens with one attached hydrogen (secondary N) is 1. The summed E-state index contributed by atoms with van der Waals surface area (Å²) in [5.74, 6) is -0.217. The van der Waals surface area contributed by atoms with Gasteiger partial charge in [-0.25, -0.2) is 0 Å². The molecule has 0 spiro atoms. The Morgan fingerprint density at radius 1 is 1.59 bits per heavy atom. The molecule has 6 heteroatoms. The molecule has 1 aromatic rings. The van der Waals surface area contributed by atoms with Crippen molar-refractivity contribution >= 4 is 23.1 Å². The smallest absolute Gasteiger partial charge is 0.255 e. The van der Waals surface area contributed by atoms with Crippen LogP contribution < -0.4 is 11.3 Å². The van der Waals surface area contributed by atoms with Crippen LogP contribution in [-0.4, -0.2) is 34.4 Å². The van der Waals surface area contributed by atoms with Gasteiger partial charge in [0.15, 0.2) is 0 Å². The van der Waals surface area contributed by atoms with Gasteiger partial charge >= 0.3 is 0 Å². The Hall–Kier alpha value is -1.69. The van der Waals surface area contributed by atoms with Crippen molar-refractivity contribution in [1.29, 1.82) is 0 Å². The number of H-pyrrole nitrogens is 1. The highest BCUT2D eigenvalue weighted by atomic mass is 32.1. The third-order valence-corrected chi connectivity index (χ3v) is 2.81. The minimum Gasteiger partial charge on any atom is -0.393 e. The zero-order chi connectivity index (χ0) is 13.0. The van der Waals surface area contributed by atoms with Crippen molar-refractivity contribution in [3.05, 3.63) is 34.2 Å². The fourth-order valence-electron chi connectivity index (χ4n) is 1.35. The summed E-state index contributed by atoms with van der Waals surface area (Å²) in [4.78, 5) is 27.2. The number of carbonyl (C=O) groups excluding carboxylic acids is 1. The first-order valence-corrected chi connectivity index (χ1v) is 5.56. The van der Waals surface area contributed by atoms with Gasteiger partial charge in [-0.2, -0.15) is 0 Å². The number of rotatable bonds is 4. The second-order valence-electron chi connectivity index (χ2n) is 3.93. The molecule has 0 aliphatic carbocycles. The monoisotopic (exact) mass is 253 g/mol. The summed E-state index contributed by atoms with van der Waals surface area (Å²) in [5, 5.41) is 0. The average Bonchev–Trinajstić information content (AvgIpc) is 2.28. The topological polar surface area (TPSA) is 79.2 Å². The molecule has 0 aromatic carbocycles. The van der Waals surface area contributed by atoms with Crippen LogP contribution in [0.25, 0.3) is 0 Å². The van der Waals surface area contributed by atoms with Crippen molar-refractivity contribution < 1.29 is 4.79 Å². The first-order chi connectivity index (χ1) is 7.91. The second-order valence-corrected chi connectivity index (χ2v) is 4.40. The molecule has 0 saturated carbocycles. The molecule has 3 N–H and O–H groups in total. The van der Waals surface area contributed by atoms with Gasteiger partial charge in [-0.05, 0) is 6.07 Å². The maximum absolute atomic E-state index is 11.9. The summed E-state index contributed by atoms with van der Waals surface area (Å²) in [7, 11) is 1.67. The fraction of sp³-hybridized carbons (Fsp3) is 0.364. The van der Waals surface area contributed by atoms with E-state index in [2.05, 4.69) is 4.98 Å². The molecule has 1 unspecified atom stereocenters. The van der Waals surface area contributed by atoms with E-state index in [1.807, 2.05) is 6.92 Å². The zero-order valence-corrected chi connectivity index (χ0v) is 10.6. The lowest BCUT2D eigenvalue weighted by Crippen LogP contribution is -2.35. The number of aromatic amines is 1. The number of hydrogen-bond donors (Lipinski definition) is 2. The van der Waals surface area contributed by atoms with Crippen molar-refractivity contribution in [3.63, 3.8) is 0 Å². The van der Waals surface area contributed by atoms with E-state index in [9.17, 15) is 9.59 Å². The maximum Gasteiger partial charge on any atom is 0.255 e. The van der Waals surface area contributed by atoms with E-state index in [4.69, 9.17) is 18.0 Å². The van der Waals surface area contributed by atoms with Gasteiger partial charge in [-0.3, -0.25) is 9.59 Å². The summed E-state index contributed by atoms with van der Waals surface area (Å²) in [6, 6.07) is 2.81. The lowest BCUT2D eigenvalue weighted by molar-refractivity contribution is 0.0786. The lowest BCUT2D eigenvalue weighted by Gasteiger charge is -2.20. The van der Waals surface area contributed by atoms with Gasteiger partial charge in [0.2, 0.25) is 5.56 Å². The molecular weight excluding hydrogens is 238 g/mol. The van der Waals surface area contributed by atoms with E-state index in [1.54, 1.807) is 7.05 Å². The number of aromatic nitrogens is 1. The van der Waals surface area contributed by atoms with Crippen LogP contribution in [-0.2, 0) is 0 Å². The highest BCUT2D eigenvalue weighted by Crippen LogP contribution is 2.04. The number of pyridine rings is 1. The third-order valence-electron chi connectivity index (χ3n) is 2.41. The van der Waals surface area contributed by atoms with Crippen LogP contribution in [0, 0.1) is 5.92 Å². The van der Waals surface area contributed by atoms with E-state index >= 15 is 0 Å². The van der Waals surface area contributed by atoms with Crippen LogP contribution in [0.15, 0.2) is 23.1 Å². The number of carbonyl (C=O) groups is 1. The first-order valence-electron chi connectivity index (χ1n) is 5.15. The SMILES string of the molecule is CC(CN(C)C(=O)c1ccc(=O)[nH]c1)C(N)=S. The van der Waals surface area contributed by atoms with Crippen molar-refractivity contribution in [2.75, 3.05) is 13.6 Å². The van der Waals surface area contributed by atoms with Crippen LogP contribution in [0.4, 0.5) is 0 Å². The predicted octanol–water partition coefficient (Wildman–Crippen LogP) is 0.369. The summed E-state index contributed by atoms with van der Waals surface area (Å²) < 4.78 is 0. The molecule has 1 atom stereocenters. The minimum atomic E-state index is -0.235. The predicted molar refractivity (Wildman–Crippen MR) is 70.0 cm³/mol. The first kappa shape index (κ1) is 13.4. The molecule has 0 aliphatic heterocycles. The van der Waals surface area contributed by atoms with Gasteiger partial charge in [0, 0.05) is 31.8 Å². The Morgan fingerprint density at radius 3 is 2.71 bits per heavy atom. The Kier molecular flexibility index (Phi) is 4.39. The van der Waals surface area contributed by atoms with Crippen molar-refractivity contribution in [1.82, 2.24) is 9.88 Å². The second kappa shape index (κ2) is 5.58.